The van der Waals surface area contributed by atoms with Crippen LogP contribution in [0.3, 0.4) is 0 Å². The van der Waals surface area contributed by atoms with Crippen molar-refractivity contribution < 1.29 is 9.15 Å². The smallest absolute Gasteiger partial charge is 0.189 e. The van der Waals surface area contributed by atoms with E-state index in [1.165, 1.54) is 0 Å². The number of nitrogens with two attached hydrogens (primary N) is 1. The van der Waals surface area contributed by atoms with Gasteiger partial charge in [0.05, 0.1) is 6.61 Å². The van der Waals surface area contributed by atoms with Crippen LogP contribution in [0.25, 0.3) is 11.0 Å². The standard InChI is InChI=1S/C14H19N3O2/c1-10(9-18-2)17-14(15)16-8-12-7-11-5-3-4-6-13(11)19-12/h3-7,10H,8-9H2,1-2H3,(H3,15,16,17). The Labute approximate surface area is 112 Å². The van der Waals surface area contributed by atoms with E-state index in [4.69, 9.17) is 14.9 Å². The maximum Gasteiger partial charge on any atom is 0.189 e. The van der Waals surface area contributed by atoms with Crippen molar-refractivity contribution in [2.75, 3.05) is 13.7 Å². The van der Waals surface area contributed by atoms with Crippen molar-refractivity contribution in [3.8, 4) is 0 Å². The van der Waals surface area contributed by atoms with E-state index in [2.05, 4.69) is 10.3 Å². The Morgan fingerprint density at radius 3 is 3.00 bits per heavy atom. The fourth-order valence-corrected chi connectivity index (χ4v) is 1.87. The molecule has 3 N–H and O–H groups in total. The summed E-state index contributed by atoms with van der Waals surface area (Å²) in [6, 6.07) is 9.97. The van der Waals surface area contributed by atoms with Crippen LogP contribution in [0, 0.1) is 0 Å². The largest absolute Gasteiger partial charge is 0.459 e. The summed E-state index contributed by atoms with van der Waals surface area (Å²) in [5.41, 5.74) is 6.66. The number of rotatable bonds is 5. The first kappa shape index (κ1) is 13.4. The van der Waals surface area contributed by atoms with Crippen LogP contribution >= 0.6 is 0 Å². The fraction of sp³-hybridized carbons (Fsp3) is 0.357. The second-order valence-electron chi connectivity index (χ2n) is 4.45. The summed E-state index contributed by atoms with van der Waals surface area (Å²) < 4.78 is 10.7. The van der Waals surface area contributed by atoms with Crippen LogP contribution in [-0.4, -0.2) is 25.7 Å². The third kappa shape index (κ3) is 3.72. The average Bonchev–Trinajstić information content (AvgIpc) is 2.79. The van der Waals surface area contributed by atoms with E-state index < -0.39 is 0 Å². The number of methoxy groups -OCH3 is 1. The number of ether oxygens (including phenoxy) is 1. The quantitative estimate of drug-likeness (QED) is 0.636. The van der Waals surface area contributed by atoms with Crippen molar-refractivity contribution >= 4 is 16.9 Å². The van der Waals surface area contributed by atoms with E-state index in [0.29, 0.717) is 19.1 Å². The highest BCUT2D eigenvalue weighted by Gasteiger charge is 2.04. The number of nitrogens with zero attached hydrogens (tertiary/aromatic N) is 1. The van der Waals surface area contributed by atoms with Crippen molar-refractivity contribution in [1.82, 2.24) is 5.32 Å². The molecule has 19 heavy (non-hydrogen) atoms. The Balaban J connectivity index is 1.97. The minimum absolute atomic E-state index is 0.129. The summed E-state index contributed by atoms with van der Waals surface area (Å²) in [7, 11) is 1.65. The van der Waals surface area contributed by atoms with Gasteiger partial charge in [-0.15, -0.1) is 0 Å². The van der Waals surface area contributed by atoms with Crippen LogP contribution in [0.15, 0.2) is 39.7 Å². The molecule has 0 saturated heterocycles. The highest BCUT2D eigenvalue weighted by molar-refractivity contribution is 5.79. The van der Waals surface area contributed by atoms with Crippen LogP contribution in [0.4, 0.5) is 0 Å². The van der Waals surface area contributed by atoms with E-state index in [0.717, 1.165) is 16.7 Å². The van der Waals surface area contributed by atoms with Gasteiger partial charge >= 0.3 is 0 Å². The molecule has 5 nitrogen and oxygen atoms in total. The molecule has 0 bridgehead atoms. The van der Waals surface area contributed by atoms with Crippen molar-refractivity contribution in [3.63, 3.8) is 0 Å². The van der Waals surface area contributed by atoms with Gasteiger partial charge in [0.2, 0.25) is 0 Å². The monoisotopic (exact) mass is 261 g/mol. The van der Waals surface area contributed by atoms with Crippen LogP contribution < -0.4 is 11.1 Å². The maximum atomic E-state index is 5.79. The zero-order valence-electron chi connectivity index (χ0n) is 11.2. The maximum absolute atomic E-state index is 5.79. The molecule has 1 unspecified atom stereocenters. The average molecular weight is 261 g/mol. The topological polar surface area (TPSA) is 72.8 Å². The second-order valence-corrected chi connectivity index (χ2v) is 4.45. The van der Waals surface area contributed by atoms with Gasteiger partial charge in [-0.3, -0.25) is 0 Å². The van der Waals surface area contributed by atoms with E-state index in [1.807, 2.05) is 37.3 Å². The molecule has 0 saturated carbocycles. The number of fused-ring (bicyclic) bond motifs is 1. The molecule has 102 valence electrons. The minimum Gasteiger partial charge on any atom is -0.459 e. The lowest BCUT2D eigenvalue weighted by Gasteiger charge is -2.12. The lowest BCUT2D eigenvalue weighted by Crippen LogP contribution is -2.40. The van der Waals surface area contributed by atoms with Gasteiger partial charge in [-0.2, -0.15) is 0 Å². The lowest BCUT2D eigenvalue weighted by atomic mass is 10.2. The zero-order chi connectivity index (χ0) is 13.7. The third-order valence-corrected chi connectivity index (χ3v) is 2.69. The van der Waals surface area contributed by atoms with Crippen LogP contribution in [0.2, 0.25) is 0 Å². The first-order chi connectivity index (χ1) is 9.19. The number of furan rings is 1. The van der Waals surface area contributed by atoms with E-state index in [1.54, 1.807) is 7.11 Å². The second kappa shape index (κ2) is 6.24. The summed E-state index contributed by atoms with van der Waals surface area (Å²) >= 11 is 0. The molecule has 2 rings (SSSR count). The Hall–Kier alpha value is -2.01. The Bertz CT molecular complexity index is 530. The van der Waals surface area contributed by atoms with E-state index in [9.17, 15) is 0 Å². The van der Waals surface area contributed by atoms with Crippen molar-refractivity contribution in [1.29, 1.82) is 0 Å². The lowest BCUT2D eigenvalue weighted by molar-refractivity contribution is 0.179. The van der Waals surface area contributed by atoms with Crippen LogP contribution in [0.5, 0.6) is 0 Å². The van der Waals surface area contributed by atoms with Gasteiger partial charge in [-0.1, -0.05) is 18.2 Å². The molecule has 0 radical (unpaired) electrons. The van der Waals surface area contributed by atoms with Crippen LogP contribution in [0.1, 0.15) is 12.7 Å². The van der Waals surface area contributed by atoms with E-state index in [-0.39, 0.29) is 6.04 Å². The van der Waals surface area contributed by atoms with Crippen molar-refractivity contribution in [2.45, 2.75) is 19.5 Å². The first-order valence-corrected chi connectivity index (χ1v) is 6.22. The third-order valence-electron chi connectivity index (χ3n) is 2.69. The Morgan fingerprint density at radius 2 is 2.26 bits per heavy atom. The molecule has 1 aromatic heterocycles. The number of para-hydroxylation sites is 1. The molecule has 0 spiro atoms. The van der Waals surface area contributed by atoms with Gasteiger partial charge in [0.15, 0.2) is 5.96 Å². The Morgan fingerprint density at radius 1 is 1.47 bits per heavy atom. The number of nitrogens with one attached hydrogen (secondary N) is 1. The molecule has 5 heteroatoms. The summed E-state index contributed by atoms with van der Waals surface area (Å²) in [6.07, 6.45) is 0. The molecule has 0 fully saturated rings. The molecule has 0 aliphatic carbocycles. The van der Waals surface area contributed by atoms with Gasteiger partial charge in [-0.05, 0) is 19.1 Å². The molecule has 2 aromatic rings. The number of benzene rings is 1. The van der Waals surface area contributed by atoms with Gasteiger partial charge in [0.1, 0.15) is 17.9 Å². The van der Waals surface area contributed by atoms with Gasteiger partial charge in [0, 0.05) is 18.5 Å². The Kier molecular flexibility index (Phi) is 4.41. The van der Waals surface area contributed by atoms with E-state index >= 15 is 0 Å². The summed E-state index contributed by atoms with van der Waals surface area (Å²) in [5.74, 6) is 1.19. The summed E-state index contributed by atoms with van der Waals surface area (Å²) in [5, 5.41) is 4.12. The molecule has 1 heterocycles. The summed E-state index contributed by atoms with van der Waals surface area (Å²) in [4.78, 5) is 4.25. The predicted octanol–water partition coefficient (Wildman–Crippen LogP) is 1.87. The normalized spacial score (nSPS) is 13.7. The SMILES string of the molecule is COCC(C)NC(N)=NCc1cc2ccccc2o1. The highest BCUT2D eigenvalue weighted by atomic mass is 16.5. The molecule has 0 amide bonds. The number of aliphatic imine (C=N–C) groups is 1. The van der Waals surface area contributed by atoms with Crippen molar-refractivity contribution in [3.05, 3.63) is 36.1 Å². The van der Waals surface area contributed by atoms with Gasteiger partial charge < -0.3 is 20.2 Å². The molecule has 0 aliphatic rings. The number of hydrogen-bond donors (Lipinski definition) is 2. The predicted molar refractivity (Wildman–Crippen MR) is 76.0 cm³/mol. The van der Waals surface area contributed by atoms with Gasteiger partial charge in [-0.25, -0.2) is 4.99 Å². The highest BCUT2D eigenvalue weighted by Crippen LogP contribution is 2.19. The molecular formula is C14H19N3O2. The van der Waals surface area contributed by atoms with Gasteiger partial charge in [0.25, 0.3) is 0 Å². The molecule has 0 aliphatic heterocycles. The van der Waals surface area contributed by atoms with Crippen molar-refractivity contribution in [2.24, 2.45) is 10.7 Å². The fourth-order valence-electron chi connectivity index (χ4n) is 1.87. The summed E-state index contributed by atoms with van der Waals surface area (Å²) in [6.45, 7) is 2.99. The molecule has 1 atom stereocenters. The molecule has 1 aromatic carbocycles. The minimum atomic E-state index is 0.129. The number of hydrogen-bond acceptors (Lipinski definition) is 3. The molecular weight excluding hydrogens is 242 g/mol. The van der Waals surface area contributed by atoms with Crippen LogP contribution in [-0.2, 0) is 11.3 Å². The number of guanidine groups is 1. The first-order valence-electron chi connectivity index (χ1n) is 6.22. The zero-order valence-corrected chi connectivity index (χ0v) is 11.2.